The second kappa shape index (κ2) is 4.81. The standard InChI is InChI=1S/C13H21N3/c1-11-6-9-14-12(16-11)15-10-13(2)7-4-3-5-8-13/h6,9H,3-5,7-8,10H2,1-2H3,(H,14,15,16). The van der Waals surface area contributed by atoms with Crippen molar-refractivity contribution in [2.45, 2.75) is 46.0 Å². The summed E-state index contributed by atoms with van der Waals surface area (Å²) in [7, 11) is 0. The molecule has 2 rings (SSSR count). The van der Waals surface area contributed by atoms with Gasteiger partial charge in [0.2, 0.25) is 5.95 Å². The molecule has 1 fully saturated rings. The number of nitrogens with zero attached hydrogens (tertiary/aromatic N) is 2. The Morgan fingerprint density at radius 2 is 2.06 bits per heavy atom. The number of anilines is 1. The number of nitrogens with one attached hydrogen (secondary N) is 1. The van der Waals surface area contributed by atoms with Crippen LogP contribution < -0.4 is 5.32 Å². The first-order valence-corrected chi connectivity index (χ1v) is 6.22. The first-order valence-electron chi connectivity index (χ1n) is 6.22. The van der Waals surface area contributed by atoms with Crippen LogP contribution in [0, 0.1) is 12.3 Å². The monoisotopic (exact) mass is 219 g/mol. The van der Waals surface area contributed by atoms with E-state index < -0.39 is 0 Å². The molecule has 1 aliphatic rings. The van der Waals surface area contributed by atoms with Gasteiger partial charge in [-0.05, 0) is 31.2 Å². The van der Waals surface area contributed by atoms with E-state index in [9.17, 15) is 0 Å². The van der Waals surface area contributed by atoms with Gasteiger partial charge in [-0.1, -0.05) is 26.2 Å². The molecule has 3 nitrogen and oxygen atoms in total. The highest BCUT2D eigenvalue weighted by Crippen LogP contribution is 2.35. The predicted octanol–water partition coefficient (Wildman–Crippen LogP) is 3.17. The Balaban J connectivity index is 1.91. The second-order valence-corrected chi connectivity index (χ2v) is 5.25. The minimum Gasteiger partial charge on any atom is -0.354 e. The van der Waals surface area contributed by atoms with Gasteiger partial charge in [0.1, 0.15) is 0 Å². The minimum atomic E-state index is 0.436. The summed E-state index contributed by atoms with van der Waals surface area (Å²) in [4.78, 5) is 8.60. The molecule has 88 valence electrons. The van der Waals surface area contributed by atoms with Crippen molar-refractivity contribution in [2.24, 2.45) is 5.41 Å². The smallest absolute Gasteiger partial charge is 0.222 e. The summed E-state index contributed by atoms with van der Waals surface area (Å²) < 4.78 is 0. The summed E-state index contributed by atoms with van der Waals surface area (Å²) in [5, 5.41) is 3.37. The molecule has 0 atom stereocenters. The second-order valence-electron chi connectivity index (χ2n) is 5.25. The summed E-state index contributed by atoms with van der Waals surface area (Å²) in [6.45, 7) is 5.36. The molecule has 0 radical (unpaired) electrons. The van der Waals surface area contributed by atoms with Crippen molar-refractivity contribution in [3.8, 4) is 0 Å². The normalized spacial score (nSPS) is 19.4. The number of rotatable bonds is 3. The van der Waals surface area contributed by atoms with Crippen LogP contribution in [0.15, 0.2) is 12.3 Å². The average Bonchev–Trinajstić information content (AvgIpc) is 2.28. The Bertz CT molecular complexity index is 343. The highest BCUT2D eigenvalue weighted by atomic mass is 15.1. The van der Waals surface area contributed by atoms with Crippen molar-refractivity contribution >= 4 is 5.95 Å². The molecular formula is C13H21N3. The zero-order valence-electron chi connectivity index (χ0n) is 10.3. The van der Waals surface area contributed by atoms with E-state index in [4.69, 9.17) is 0 Å². The first kappa shape index (κ1) is 11.4. The van der Waals surface area contributed by atoms with Crippen molar-refractivity contribution in [2.75, 3.05) is 11.9 Å². The molecule has 0 unspecified atom stereocenters. The number of hydrogen-bond donors (Lipinski definition) is 1. The fraction of sp³-hybridized carbons (Fsp3) is 0.692. The molecule has 0 spiro atoms. The maximum atomic E-state index is 4.37. The molecule has 0 saturated heterocycles. The Morgan fingerprint density at radius 1 is 1.31 bits per heavy atom. The minimum absolute atomic E-state index is 0.436. The van der Waals surface area contributed by atoms with Crippen LogP contribution in [0.3, 0.4) is 0 Å². The van der Waals surface area contributed by atoms with Crippen LogP contribution in [0.5, 0.6) is 0 Å². The Hall–Kier alpha value is -1.12. The topological polar surface area (TPSA) is 37.8 Å². The van der Waals surface area contributed by atoms with Gasteiger partial charge in [0.15, 0.2) is 0 Å². The van der Waals surface area contributed by atoms with Gasteiger partial charge in [-0.2, -0.15) is 0 Å². The molecular weight excluding hydrogens is 198 g/mol. The van der Waals surface area contributed by atoms with Gasteiger partial charge in [0.25, 0.3) is 0 Å². The Morgan fingerprint density at radius 3 is 2.75 bits per heavy atom. The average molecular weight is 219 g/mol. The molecule has 1 aromatic heterocycles. The third-order valence-electron chi connectivity index (χ3n) is 3.53. The van der Waals surface area contributed by atoms with Crippen molar-refractivity contribution in [3.63, 3.8) is 0 Å². The highest BCUT2D eigenvalue weighted by Gasteiger charge is 2.26. The van der Waals surface area contributed by atoms with Crippen molar-refractivity contribution in [1.82, 2.24) is 9.97 Å². The van der Waals surface area contributed by atoms with Gasteiger partial charge in [-0.25, -0.2) is 9.97 Å². The van der Waals surface area contributed by atoms with Crippen LogP contribution in [-0.4, -0.2) is 16.5 Å². The quantitative estimate of drug-likeness (QED) is 0.848. The number of hydrogen-bond acceptors (Lipinski definition) is 3. The predicted molar refractivity (Wildman–Crippen MR) is 66.5 cm³/mol. The molecule has 0 amide bonds. The fourth-order valence-electron chi connectivity index (χ4n) is 2.41. The van der Waals surface area contributed by atoms with Crippen molar-refractivity contribution in [1.29, 1.82) is 0 Å². The Kier molecular flexibility index (Phi) is 3.42. The van der Waals surface area contributed by atoms with Gasteiger partial charge in [0, 0.05) is 18.4 Å². The summed E-state index contributed by atoms with van der Waals surface area (Å²) in [5.41, 5.74) is 1.46. The van der Waals surface area contributed by atoms with E-state index in [0.717, 1.165) is 18.2 Å². The zero-order valence-corrected chi connectivity index (χ0v) is 10.3. The van der Waals surface area contributed by atoms with E-state index in [1.165, 1.54) is 32.1 Å². The van der Waals surface area contributed by atoms with Gasteiger partial charge < -0.3 is 5.32 Å². The van der Waals surface area contributed by atoms with E-state index >= 15 is 0 Å². The molecule has 1 saturated carbocycles. The van der Waals surface area contributed by atoms with E-state index in [1.807, 2.05) is 19.2 Å². The van der Waals surface area contributed by atoms with Crippen LogP contribution in [0.25, 0.3) is 0 Å². The lowest BCUT2D eigenvalue weighted by atomic mass is 9.76. The lowest BCUT2D eigenvalue weighted by Crippen LogP contribution is -2.29. The Labute approximate surface area is 97.7 Å². The summed E-state index contributed by atoms with van der Waals surface area (Å²) in [5.74, 6) is 0.770. The molecule has 1 aromatic rings. The van der Waals surface area contributed by atoms with Crippen LogP contribution in [0.2, 0.25) is 0 Å². The summed E-state index contributed by atoms with van der Waals surface area (Å²) >= 11 is 0. The molecule has 0 aliphatic heterocycles. The van der Waals surface area contributed by atoms with Gasteiger partial charge in [-0.3, -0.25) is 0 Å². The largest absolute Gasteiger partial charge is 0.354 e. The summed E-state index contributed by atoms with van der Waals surface area (Å²) in [6, 6.07) is 1.92. The molecule has 1 N–H and O–H groups in total. The molecule has 0 aromatic carbocycles. The third-order valence-corrected chi connectivity index (χ3v) is 3.53. The van der Waals surface area contributed by atoms with Gasteiger partial charge in [-0.15, -0.1) is 0 Å². The van der Waals surface area contributed by atoms with E-state index in [1.54, 1.807) is 0 Å². The molecule has 16 heavy (non-hydrogen) atoms. The number of aromatic nitrogens is 2. The summed E-state index contributed by atoms with van der Waals surface area (Å²) in [6.07, 6.45) is 8.60. The molecule has 3 heteroatoms. The van der Waals surface area contributed by atoms with E-state index in [2.05, 4.69) is 22.2 Å². The highest BCUT2D eigenvalue weighted by molar-refractivity contribution is 5.25. The van der Waals surface area contributed by atoms with Gasteiger partial charge >= 0.3 is 0 Å². The van der Waals surface area contributed by atoms with Crippen LogP contribution in [0.1, 0.15) is 44.7 Å². The zero-order chi connectivity index (χ0) is 11.4. The van der Waals surface area contributed by atoms with Crippen LogP contribution in [-0.2, 0) is 0 Å². The van der Waals surface area contributed by atoms with Crippen LogP contribution >= 0.6 is 0 Å². The van der Waals surface area contributed by atoms with E-state index in [0.29, 0.717) is 5.41 Å². The van der Waals surface area contributed by atoms with Crippen molar-refractivity contribution in [3.05, 3.63) is 18.0 Å². The molecule has 1 aliphatic carbocycles. The molecule has 1 heterocycles. The maximum absolute atomic E-state index is 4.37. The van der Waals surface area contributed by atoms with E-state index in [-0.39, 0.29) is 0 Å². The molecule has 0 bridgehead atoms. The number of aryl methyl sites for hydroxylation is 1. The lowest BCUT2D eigenvalue weighted by Gasteiger charge is -2.33. The SMILES string of the molecule is Cc1ccnc(NCC2(C)CCCCC2)n1. The first-order chi connectivity index (χ1) is 7.68. The van der Waals surface area contributed by atoms with Crippen molar-refractivity contribution < 1.29 is 0 Å². The lowest BCUT2D eigenvalue weighted by molar-refractivity contribution is 0.233. The van der Waals surface area contributed by atoms with Gasteiger partial charge in [0.05, 0.1) is 0 Å². The van der Waals surface area contributed by atoms with Crippen LogP contribution in [0.4, 0.5) is 5.95 Å². The fourth-order valence-corrected chi connectivity index (χ4v) is 2.41. The third kappa shape index (κ3) is 2.94. The maximum Gasteiger partial charge on any atom is 0.222 e.